The van der Waals surface area contributed by atoms with Crippen LogP contribution in [0.5, 0.6) is 0 Å². The van der Waals surface area contributed by atoms with Crippen LogP contribution in [0.3, 0.4) is 0 Å². The number of fused-ring (bicyclic) bond motifs is 2. The lowest BCUT2D eigenvalue weighted by molar-refractivity contribution is -0.0996. The Morgan fingerprint density at radius 2 is 1.00 bits per heavy atom. The van der Waals surface area contributed by atoms with Crippen LogP contribution in [0.4, 0.5) is 0 Å². The van der Waals surface area contributed by atoms with Crippen LogP contribution in [-0.4, -0.2) is 0 Å². The maximum Gasteiger partial charge on any atom is 0.00357 e. The molecular weight excluding hydrogens is 420 g/mol. The molecule has 8 rings (SSSR count). The highest BCUT2D eigenvalue weighted by atomic mass is 14.9. The topological polar surface area (TPSA) is 0 Å². The van der Waals surface area contributed by atoms with Crippen molar-refractivity contribution < 1.29 is 0 Å². The van der Waals surface area contributed by atoms with Gasteiger partial charge in [0.15, 0.2) is 0 Å². The fourth-order valence-corrected chi connectivity index (χ4v) is 10.6. The van der Waals surface area contributed by atoms with Crippen molar-refractivity contribution >= 4 is 0 Å². The Morgan fingerprint density at radius 1 is 0.457 bits per heavy atom. The van der Waals surface area contributed by atoms with Gasteiger partial charge in [-0.3, -0.25) is 0 Å². The number of hydrogen-bond acceptors (Lipinski definition) is 0. The second kappa shape index (κ2) is 6.67. The van der Waals surface area contributed by atoms with E-state index in [0.29, 0.717) is 10.8 Å². The van der Waals surface area contributed by atoms with Crippen molar-refractivity contribution in [1.29, 1.82) is 0 Å². The minimum Gasteiger partial charge on any atom is -0.0839 e. The first-order valence-corrected chi connectivity index (χ1v) is 13.7. The molecule has 5 unspecified atom stereocenters. The molecule has 5 atom stereocenters. The van der Waals surface area contributed by atoms with E-state index in [1.807, 2.05) is 0 Å². The molecule has 0 aromatic heterocycles. The summed E-state index contributed by atoms with van der Waals surface area (Å²) in [5.74, 6) is 0. The van der Waals surface area contributed by atoms with E-state index >= 15 is 0 Å². The van der Waals surface area contributed by atoms with Crippen molar-refractivity contribution in [3.8, 4) is 0 Å². The molecule has 1 spiro atoms. The Bertz CT molecular complexity index is 1340. The largest absolute Gasteiger partial charge is 0.0839 e. The Hall–Kier alpha value is -2.86. The molecular formula is C35H34. The van der Waals surface area contributed by atoms with Crippen molar-refractivity contribution in [3.05, 3.63) is 131 Å². The van der Waals surface area contributed by atoms with Gasteiger partial charge >= 0.3 is 0 Å². The Balaban J connectivity index is 1.42. The van der Waals surface area contributed by atoms with Crippen molar-refractivity contribution in [2.75, 3.05) is 0 Å². The van der Waals surface area contributed by atoms with Crippen LogP contribution < -0.4 is 0 Å². The summed E-state index contributed by atoms with van der Waals surface area (Å²) in [6, 6.07) is 35.0. The first-order valence-electron chi connectivity index (χ1n) is 13.7. The molecule has 5 aliphatic rings. The third-order valence-corrected chi connectivity index (χ3v) is 11.3. The number of rotatable bonds is 4. The van der Waals surface area contributed by atoms with Crippen molar-refractivity contribution in [2.45, 2.75) is 67.6 Å². The van der Waals surface area contributed by atoms with Gasteiger partial charge in [-0.05, 0) is 89.9 Å². The lowest BCUT2D eigenvalue weighted by Crippen LogP contribution is -2.63. The summed E-state index contributed by atoms with van der Waals surface area (Å²) in [5.41, 5.74) is 7.91. The minimum absolute atomic E-state index is 0.252. The summed E-state index contributed by atoms with van der Waals surface area (Å²) >= 11 is 0. The van der Waals surface area contributed by atoms with Crippen LogP contribution >= 0.6 is 0 Å². The molecule has 35 heavy (non-hydrogen) atoms. The highest BCUT2D eigenvalue weighted by Gasteiger charge is 2.87. The maximum absolute atomic E-state index is 2.63. The van der Waals surface area contributed by atoms with E-state index < -0.39 is 0 Å². The third-order valence-electron chi connectivity index (χ3n) is 11.3. The van der Waals surface area contributed by atoms with Gasteiger partial charge < -0.3 is 0 Å². The monoisotopic (exact) mass is 454 g/mol. The second-order valence-electron chi connectivity index (χ2n) is 12.6. The third kappa shape index (κ3) is 2.30. The standard InChI is InChI=1S/C35H34/c1-5-13-27(14-6-1)31-21-32(28-15-7-2-8-16-28)23-34(30-19-11-4-12-20-30)26-33(22-31,35(34,24-31)25-32)29-17-9-3-10-18-29/h1-3,5-11,13-20H,4,12,21-26H2. The van der Waals surface area contributed by atoms with Gasteiger partial charge in [0.05, 0.1) is 0 Å². The van der Waals surface area contributed by atoms with E-state index in [0.717, 1.165) is 0 Å². The predicted molar refractivity (Wildman–Crippen MR) is 143 cm³/mol. The van der Waals surface area contributed by atoms with E-state index in [1.165, 1.54) is 51.4 Å². The summed E-state index contributed by atoms with van der Waals surface area (Å²) < 4.78 is 0. The zero-order valence-corrected chi connectivity index (χ0v) is 20.5. The average Bonchev–Trinajstić information content (AvgIpc) is 3.22. The molecule has 0 N–H and O–H groups in total. The quantitative estimate of drug-likeness (QED) is 0.371. The first-order chi connectivity index (χ1) is 17.2. The molecule has 0 heterocycles. The molecule has 4 fully saturated rings. The van der Waals surface area contributed by atoms with Gasteiger partial charge in [0.2, 0.25) is 0 Å². The van der Waals surface area contributed by atoms with Gasteiger partial charge in [-0.1, -0.05) is 109 Å². The van der Waals surface area contributed by atoms with Crippen molar-refractivity contribution in [2.24, 2.45) is 10.8 Å². The average molecular weight is 455 g/mol. The summed E-state index contributed by atoms with van der Waals surface area (Å²) in [6.45, 7) is 0. The smallest absolute Gasteiger partial charge is 0.00357 e. The number of hydrogen-bond donors (Lipinski definition) is 0. The van der Waals surface area contributed by atoms with E-state index in [2.05, 4.69) is 109 Å². The fourth-order valence-electron chi connectivity index (χ4n) is 10.6. The first kappa shape index (κ1) is 20.3. The van der Waals surface area contributed by atoms with Gasteiger partial charge in [0.25, 0.3) is 0 Å². The number of allylic oxidation sites excluding steroid dienone is 4. The van der Waals surface area contributed by atoms with Crippen LogP contribution in [0.15, 0.2) is 115 Å². The lowest BCUT2D eigenvalue weighted by atomic mass is 9.35. The van der Waals surface area contributed by atoms with Crippen molar-refractivity contribution in [3.63, 3.8) is 0 Å². The molecule has 0 aliphatic heterocycles. The predicted octanol–water partition coefficient (Wildman–Crippen LogP) is 8.44. The van der Waals surface area contributed by atoms with Gasteiger partial charge in [-0.2, -0.15) is 0 Å². The molecule has 3 aromatic carbocycles. The van der Waals surface area contributed by atoms with Gasteiger partial charge in [-0.15, -0.1) is 0 Å². The zero-order valence-electron chi connectivity index (χ0n) is 20.5. The second-order valence-corrected chi connectivity index (χ2v) is 12.6. The van der Waals surface area contributed by atoms with Crippen molar-refractivity contribution in [1.82, 2.24) is 0 Å². The van der Waals surface area contributed by atoms with E-state index in [-0.39, 0.29) is 16.2 Å². The highest BCUT2D eigenvalue weighted by molar-refractivity contribution is 5.58. The number of benzene rings is 3. The van der Waals surface area contributed by atoms with Crippen LogP contribution in [0.1, 0.15) is 68.1 Å². The Labute approximate surface area is 209 Å². The SMILES string of the molecule is C1=CC(C23CC4(c5ccccc5)CC5(c6ccccc6)CC(c6ccccc6)(C2)C3(C4)C5)=CCC1. The summed E-state index contributed by atoms with van der Waals surface area (Å²) in [4.78, 5) is 0. The van der Waals surface area contributed by atoms with Gasteiger partial charge in [-0.25, -0.2) is 0 Å². The molecule has 0 radical (unpaired) electrons. The highest BCUT2D eigenvalue weighted by Crippen LogP contribution is 2.92. The molecule has 0 saturated heterocycles. The van der Waals surface area contributed by atoms with E-state index in [1.54, 1.807) is 22.3 Å². The molecule has 0 nitrogen and oxygen atoms in total. The lowest BCUT2D eigenvalue weighted by Gasteiger charge is -2.67. The Morgan fingerprint density at radius 3 is 1.54 bits per heavy atom. The van der Waals surface area contributed by atoms with Crippen LogP contribution in [0.25, 0.3) is 0 Å². The molecule has 174 valence electrons. The molecule has 3 bridgehead atoms. The summed E-state index contributed by atoms with van der Waals surface area (Å²) in [7, 11) is 0. The molecule has 4 saturated carbocycles. The molecule has 3 aromatic rings. The van der Waals surface area contributed by atoms with Crippen LogP contribution in [0.2, 0.25) is 0 Å². The normalized spacial score (nSPS) is 40.3. The van der Waals surface area contributed by atoms with Crippen LogP contribution in [-0.2, 0) is 16.2 Å². The summed E-state index contributed by atoms with van der Waals surface area (Å²) in [5, 5.41) is 0. The van der Waals surface area contributed by atoms with Crippen LogP contribution in [0, 0.1) is 10.8 Å². The van der Waals surface area contributed by atoms with E-state index in [4.69, 9.17) is 0 Å². The Kier molecular flexibility index (Phi) is 3.88. The summed E-state index contributed by atoms with van der Waals surface area (Å²) in [6.07, 6.45) is 18.0. The zero-order chi connectivity index (χ0) is 23.2. The minimum atomic E-state index is 0.252. The van der Waals surface area contributed by atoms with Gasteiger partial charge in [0.1, 0.15) is 0 Å². The fraction of sp³-hybridized carbons (Fsp3) is 0.371. The van der Waals surface area contributed by atoms with Gasteiger partial charge in [0, 0.05) is 10.8 Å². The molecule has 0 amide bonds. The molecule has 5 aliphatic carbocycles. The van der Waals surface area contributed by atoms with E-state index in [9.17, 15) is 0 Å². The maximum atomic E-state index is 2.63. The molecule has 0 heteroatoms.